The van der Waals surface area contributed by atoms with E-state index in [0.717, 1.165) is 10.2 Å². The molecule has 0 radical (unpaired) electrons. The lowest BCUT2D eigenvalue weighted by atomic mass is 10.1. The summed E-state index contributed by atoms with van der Waals surface area (Å²) in [5.74, 6) is 0.0621. The van der Waals surface area contributed by atoms with Crippen molar-refractivity contribution in [2.45, 2.75) is 19.4 Å². The number of carboxylic acids is 1. The number of hydrogen-bond acceptors (Lipinski definition) is 6. The lowest BCUT2D eigenvalue weighted by molar-refractivity contribution is 0.0697. The van der Waals surface area contributed by atoms with Crippen LogP contribution in [-0.2, 0) is 7.05 Å². The molecule has 1 aliphatic heterocycles. The van der Waals surface area contributed by atoms with Crippen LogP contribution in [0.5, 0.6) is 11.5 Å². The zero-order chi connectivity index (χ0) is 22.6. The van der Waals surface area contributed by atoms with Crippen LogP contribution in [0.25, 0.3) is 21.1 Å². The average molecular weight is 452 g/mol. The van der Waals surface area contributed by atoms with Crippen molar-refractivity contribution in [3.05, 3.63) is 52.7 Å². The second-order valence-electron chi connectivity index (χ2n) is 7.93. The number of carbonyl (C=O) groups is 2. The van der Waals surface area contributed by atoms with Gasteiger partial charge in [0.1, 0.15) is 11.5 Å². The third-order valence-corrected chi connectivity index (χ3v) is 7.07. The van der Waals surface area contributed by atoms with Crippen LogP contribution in [0, 0.1) is 6.92 Å². The fourth-order valence-corrected chi connectivity index (χ4v) is 5.22. The molecule has 4 aromatic rings. The summed E-state index contributed by atoms with van der Waals surface area (Å²) in [6.07, 6.45) is 1.75. The molecule has 1 aromatic carbocycles. The number of thiophene rings is 1. The van der Waals surface area contributed by atoms with Crippen LogP contribution in [0.15, 0.2) is 36.5 Å². The van der Waals surface area contributed by atoms with E-state index in [1.807, 2.05) is 17.7 Å². The van der Waals surface area contributed by atoms with Gasteiger partial charge in [0.2, 0.25) is 0 Å². The number of fused-ring (bicyclic) bond motifs is 2. The van der Waals surface area contributed by atoms with E-state index in [9.17, 15) is 19.8 Å². The van der Waals surface area contributed by atoms with Gasteiger partial charge in [-0.25, -0.2) is 4.79 Å². The first-order valence-electron chi connectivity index (χ1n) is 10.2. The van der Waals surface area contributed by atoms with Crippen molar-refractivity contribution in [1.82, 2.24) is 14.5 Å². The fraction of sp³-hybridized carbons (Fsp3) is 0.261. The standard InChI is InChI=1S/C23H21N3O5S/c1-12-20(23(29)30)15-4-3-14(9-17(15)25(12)2)31-18-5-7-24-16-10-19(32-21(16)18)22(28)26-8-6-13(27)11-26/h3-5,7,9-10,13,27H,6,8,11H2,1-2H3,(H,29,30)/t13-/m1/s1. The number of nitrogens with zero attached hydrogens (tertiary/aromatic N) is 3. The molecule has 2 N–H and O–H groups in total. The molecule has 0 bridgehead atoms. The summed E-state index contributed by atoms with van der Waals surface area (Å²) >= 11 is 1.31. The fourth-order valence-electron chi connectivity index (χ4n) is 4.19. The number of β-amino-alcohol motifs (C(OH)–C–C–N with tert-alkyl or cyclic N) is 1. The summed E-state index contributed by atoms with van der Waals surface area (Å²) in [5, 5.41) is 19.9. The van der Waals surface area contributed by atoms with E-state index < -0.39 is 12.1 Å². The molecule has 1 amide bonds. The molecule has 8 nitrogen and oxygen atoms in total. The topological polar surface area (TPSA) is 105 Å². The highest BCUT2D eigenvalue weighted by Crippen LogP contribution is 2.37. The van der Waals surface area contributed by atoms with Crippen LogP contribution >= 0.6 is 11.3 Å². The number of pyridine rings is 1. The van der Waals surface area contributed by atoms with Gasteiger partial charge in [0.05, 0.1) is 32.3 Å². The Balaban J connectivity index is 1.50. The number of carboxylic acid groups (broad SMARTS) is 1. The van der Waals surface area contributed by atoms with Crippen LogP contribution < -0.4 is 4.74 Å². The van der Waals surface area contributed by atoms with Crippen LogP contribution in [0.1, 0.15) is 32.1 Å². The minimum absolute atomic E-state index is 0.114. The zero-order valence-electron chi connectivity index (χ0n) is 17.5. The number of aliphatic hydroxyl groups is 1. The summed E-state index contributed by atoms with van der Waals surface area (Å²) in [5.41, 5.74) is 2.38. The number of aryl methyl sites for hydroxylation is 1. The maximum absolute atomic E-state index is 12.8. The second kappa shape index (κ2) is 7.61. The highest BCUT2D eigenvalue weighted by Gasteiger charge is 2.27. The zero-order valence-corrected chi connectivity index (χ0v) is 18.3. The Morgan fingerprint density at radius 3 is 2.78 bits per heavy atom. The number of amides is 1. The molecular formula is C23H21N3O5S. The number of hydrogen-bond donors (Lipinski definition) is 2. The van der Waals surface area contributed by atoms with E-state index in [-0.39, 0.29) is 11.5 Å². The monoisotopic (exact) mass is 451 g/mol. The van der Waals surface area contributed by atoms with Gasteiger partial charge < -0.3 is 24.4 Å². The van der Waals surface area contributed by atoms with Crippen LogP contribution in [-0.4, -0.2) is 55.7 Å². The van der Waals surface area contributed by atoms with Crippen LogP contribution in [0.3, 0.4) is 0 Å². The largest absolute Gasteiger partial charge is 0.478 e. The average Bonchev–Trinajstić information content (AvgIpc) is 3.45. The van der Waals surface area contributed by atoms with Gasteiger partial charge in [-0.2, -0.15) is 0 Å². The molecule has 1 atom stereocenters. The maximum atomic E-state index is 12.8. The minimum atomic E-state index is -0.959. The van der Waals surface area contributed by atoms with Crippen molar-refractivity contribution >= 4 is 44.3 Å². The lowest BCUT2D eigenvalue weighted by Crippen LogP contribution is -2.28. The number of carbonyl (C=O) groups excluding carboxylic acids is 1. The number of aromatic carboxylic acids is 1. The molecule has 1 fully saturated rings. The van der Waals surface area contributed by atoms with E-state index in [2.05, 4.69) is 4.98 Å². The van der Waals surface area contributed by atoms with E-state index in [4.69, 9.17) is 4.74 Å². The quantitative estimate of drug-likeness (QED) is 0.489. The Morgan fingerprint density at radius 2 is 2.06 bits per heavy atom. The Hall–Kier alpha value is -3.43. The van der Waals surface area contributed by atoms with Crippen molar-refractivity contribution in [2.24, 2.45) is 7.05 Å². The number of aliphatic hydroxyl groups excluding tert-OH is 1. The second-order valence-corrected chi connectivity index (χ2v) is 8.99. The van der Waals surface area contributed by atoms with Gasteiger partial charge >= 0.3 is 5.97 Å². The summed E-state index contributed by atoms with van der Waals surface area (Å²) in [7, 11) is 1.82. The Bertz CT molecular complexity index is 1390. The number of likely N-dealkylation sites (tertiary alicyclic amines) is 1. The molecule has 0 unspecified atom stereocenters. The van der Waals surface area contributed by atoms with Crippen molar-refractivity contribution < 1.29 is 24.5 Å². The third kappa shape index (κ3) is 3.30. The minimum Gasteiger partial charge on any atom is -0.478 e. The summed E-state index contributed by atoms with van der Waals surface area (Å²) in [6.45, 7) is 2.66. The molecular weight excluding hydrogens is 430 g/mol. The summed E-state index contributed by atoms with van der Waals surface area (Å²) in [6, 6.07) is 8.80. The first-order chi connectivity index (χ1) is 15.3. The molecule has 9 heteroatoms. The molecule has 3 aromatic heterocycles. The van der Waals surface area contributed by atoms with Gasteiger partial charge in [0.15, 0.2) is 0 Å². The molecule has 164 valence electrons. The molecule has 1 aliphatic rings. The summed E-state index contributed by atoms with van der Waals surface area (Å²) in [4.78, 5) is 31.0. The van der Waals surface area contributed by atoms with Gasteiger partial charge in [-0.1, -0.05) is 0 Å². The Labute approximate surface area is 187 Å². The van der Waals surface area contributed by atoms with E-state index in [1.165, 1.54) is 11.3 Å². The van der Waals surface area contributed by atoms with Crippen LogP contribution in [0.4, 0.5) is 0 Å². The first-order valence-corrected chi connectivity index (χ1v) is 11.0. The predicted molar refractivity (Wildman–Crippen MR) is 121 cm³/mol. The van der Waals surface area contributed by atoms with Gasteiger partial charge in [-0.05, 0) is 31.5 Å². The Kier molecular flexibility index (Phi) is 4.87. The van der Waals surface area contributed by atoms with Crippen molar-refractivity contribution in [2.75, 3.05) is 13.1 Å². The van der Waals surface area contributed by atoms with Crippen LogP contribution in [0.2, 0.25) is 0 Å². The first kappa shape index (κ1) is 20.5. The van der Waals surface area contributed by atoms with Gasteiger partial charge in [0.25, 0.3) is 5.91 Å². The maximum Gasteiger partial charge on any atom is 0.338 e. The highest BCUT2D eigenvalue weighted by molar-refractivity contribution is 7.21. The number of benzene rings is 1. The van der Waals surface area contributed by atoms with Gasteiger partial charge in [-0.15, -0.1) is 11.3 Å². The molecule has 0 aliphatic carbocycles. The van der Waals surface area contributed by atoms with E-state index in [1.54, 1.807) is 42.3 Å². The number of rotatable bonds is 4. The van der Waals surface area contributed by atoms with Crippen molar-refractivity contribution in [3.8, 4) is 11.5 Å². The van der Waals surface area contributed by atoms with Crippen molar-refractivity contribution in [1.29, 1.82) is 0 Å². The van der Waals surface area contributed by atoms with E-state index in [0.29, 0.717) is 52.5 Å². The number of ether oxygens (including phenoxy) is 1. The van der Waals surface area contributed by atoms with Crippen molar-refractivity contribution in [3.63, 3.8) is 0 Å². The molecule has 5 rings (SSSR count). The van der Waals surface area contributed by atoms with E-state index >= 15 is 0 Å². The molecule has 32 heavy (non-hydrogen) atoms. The number of aromatic nitrogens is 2. The van der Waals surface area contributed by atoms with Gasteiger partial charge in [-0.3, -0.25) is 9.78 Å². The SMILES string of the molecule is Cc1c(C(=O)O)c2ccc(Oc3ccnc4cc(C(=O)N5CC[C@@H](O)C5)sc34)cc2n1C. The predicted octanol–water partition coefficient (Wildman–Crippen LogP) is 3.79. The summed E-state index contributed by atoms with van der Waals surface area (Å²) < 4.78 is 8.73. The normalized spacial score (nSPS) is 16.2. The third-order valence-electron chi connectivity index (χ3n) is 5.94. The molecule has 0 saturated carbocycles. The molecule has 4 heterocycles. The highest BCUT2D eigenvalue weighted by atomic mass is 32.1. The molecule has 0 spiro atoms. The smallest absolute Gasteiger partial charge is 0.338 e. The Morgan fingerprint density at radius 1 is 1.25 bits per heavy atom. The lowest BCUT2D eigenvalue weighted by Gasteiger charge is -2.13. The molecule has 1 saturated heterocycles. The van der Waals surface area contributed by atoms with Gasteiger partial charge in [0, 0.05) is 49.5 Å².